The van der Waals surface area contributed by atoms with Crippen LogP contribution in [0.4, 0.5) is 0 Å². The van der Waals surface area contributed by atoms with Crippen LogP contribution in [-0.4, -0.2) is 6.21 Å². The predicted molar refractivity (Wildman–Crippen MR) is 56.5 cm³/mol. The molecule has 3 N–H and O–H groups in total. The average molecular weight is 170 g/mol. The van der Waals surface area contributed by atoms with Gasteiger partial charge in [0.2, 0.25) is 0 Å². The van der Waals surface area contributed by atoms with Crippen molar-refractivity contribution in [2.45, 2.75) is 47.0 Å². The Morgan fingerprint density at radius 3 is 2.25 bits per heavy atom. The fourth-order valence-electron chi connectivity index (χ4n) is 0.657. The molecular weight excluding hydrogens is 148 g/mol. The summed E-state index contributed by atoms with van der Waals surface area (Å²) in [5.41, 5.74) is 7.40. The lowest BCUT2D eigenvalue weighted by Gasteiger charge is -2.00. The SMILES string of the molecule is CC.CCCC/C(N)=C(\C)C=N. The Kier molecular flexibility index (Phi) is 11.7. The van der Waals surface area contributed by atoms with E-state index in [2.05, 4.69) is 6.92 Å². The fourth-order valence-corrected chi connectivity index (χ4v) is 0.657. The van der Waals surface area contributed by atoms with Crippen molar-refractivity contribution >= 4 is 6.21 Å². The molecule has 0 rings (SSSR count). The summed E-state index contributed by atoms with van der Waals surface area (Å²) >= 11 is 0. The summed E-state index contributed by atoms with van der Waals surface area (Å²) in [6, 6.07) is 0. The van der Waals surface area contributed by atoms with Crippen LogP contribution in [0.5, 0.6) is 0 Å². The zero-order chi connectivity index (χ0) is 9.98. The summed E-state index contributed by atoms with van der Waals surface area (Å²) in [6.07, 6.45) is 4.52. The highest BCUT2D eigenvalue weighted by atomic mass is 14.6. The minimum absolute atomic E-state index is 0.858. The van der Waals surface area contributed by atoms with Crippen LogP contribution in [0.3, 0.4) is 0 Å². The van der Waals surface area contributed by atoms with Gasteiger partial charge < -0.3 is 11.1 Å². The van der Waals surface area contributed by atoms with Crippen molar-refractivity contribution in [1.29, 1.82) is 5.41 Å². The molecule has 0 aromatic heterocycles. The smallest absolute Gasteiger partial charge is 0.0224 e. The Morgan fingerprint density at radius 1 is 1.42 bits per heavy atom. The number of nitrogens with two attached hydrogens (primary N) is 1. The second kappa shape index (κ2) is 10.2. The van der Waals surface area contributed by atoms with Gasteiger partial charge in [-0.3, -0.25) is 0 Å². The molecule has 0 saturated heterocycles. The van der Waals surface area contributed by atoms with Gasteiger partial charge in [0.1, 0.15) is 0 Å². The maximum atomic E-state index is 6.91. The zero-order valence-electron chi connectivity index (χ0n) is 8.78. The molecule has 0 heterocycles. The minimum atomic E-state index is 0.858. The van der Waals surface area contributed by atoms with Gasteiger partial charge in [0.05, 0.1) is 0 Å². The largest absolute Gasteiger partial charge is 0.402 e. The normalized spacial score (nSPS) is 11.0. The van der Waals surface area contributed by atoms with Gasteiger partial charge in [-0.1, -0.05) is 27.2 Å². The number of nitrogens with one attached hydrogen (secondary N) is 1. The van der Waals surface area contributed by atoms with Crippen LogP contribution in [0.25, 0.3) is 0 Å². The van der Waals surface area contributed by atoms with Gasteiger partial charge in [-0.15, -0.1) is 0 Å². The van der Waals surface area contributed by atoms with Crippen molar-refractivity contribution < 1.29 is 0 Å². The van der Waals surface area contributed by atoms with Crippen LogP contribution in [-0.2, 0) is 0 Å². The Hall–Kier alpha value is -0.790. The highest BCUT2D eigenvalue weighted by Crippen LogP contribution is 2.04. The van der Waals surface area contributed by atoms with E-state index < -0.39 is 0 Å². The van der Waals surface area contributed by atoms with E-state index in [-0.39, 0.29) is 0 Å². The van der Waals surface area contributed by atoms with E-state index in [1.165, 1.54) is 6.21 Å². The molecule has 72 valence electrons. The minimum Gasteiger partial charge on any atom is -0.402 e. The molecule has 0 aliphatic carbocycles. The Labute approximate surface area is 76.4 Å². The highest BCUT2D eigenvalue weighted by molar-refractivity contribution is 5.75. The van der Waals surface area contributed by atoms with Crippen molar-refractivity contribution in [3.8, 4) is 0 Å². The second-order valence-corrected chi connectivity index (χ2v) is 2.46. The van der Waals surface area contributed by atoms with Gasteiger partial charge in [0.25, 0.3) is 0 Å². The molecule has 0 aliphatic heterocycles. The van der Waals surface area contributed by atoms with E-state index in [0.29, 0.717) is 0 Å². The summed E-state index contributed by atoms with van der Waals surface area (Å²) in [7, 11) is 0. The molecule has 0 spiro atoms. The van der Waals surface area contributed by atoms with Crippen LogP contribution in [0.2, 0.25) is 0 Å². The third-order valence-electron chi connectivity index (χ3n) is 1.52. The van der Waals surface area contributed by atoms with E-state index in [9.17, 15) is 0 Å². The summed E-state index contributed by atoms with van der Waals surface area (Å²) < 4.78 is 0. The molecule has 0 fully saturated rings. The van der Waals surface area contributed by atoms with E-state index in [4.69, 9.17) is 11.1 Å². The van der Waals surface area contributed by atoms with Crippen molar-refractivity contribution in [2.75, 3.05) is 0 Å². The summed E-state index contributed by atoms with van der Waals surface area (Å²) in [5.74, 6) is 0. The molecule has 0 aromatic rings. The maximum Gasteiger partial charge on any atom is 0.0224 e. The van der Waals surface area contributed by atoms with Crippen LogP contribution in [0.15, 0.2) is 11.3 Å². The van der Waals surface area contributed by atoms with Gasteiger partial charge in [0, 0.05) is 11.9 Å². The first kappa shape index (κ1) is 13.8. The number of hydrogen-bond acceptors (Lipinski definition) is 2. The topological polar surface area (TPSA) is 49.9 Å². The first-order valence-electron chi connectivity index (χ1n) is 4.68. The number of rotatable bonds is 4. The zero-order valence-corrected chi connectivity index (χ0v) is 8.78. The first-order chi connectivity index (χ1) is 5.72. The molecule has 0 amide bonds. The van der Waals surface area contributed by atoms with Crippen LogP contribution >= 0.6 is 0 Å². The van der Waals surface area contributed by atoms with Gasteiger partial charge in [-0.2, -0.15) is 0 Å². The molecule has 0 bridgehead atoms. The van der Waals surface area contributed by atoms with Crippen LogP contribution in [0, 0.1) is 5.41 Å². The summed E-state index contributed by atoms with van der Waals surface area (Å²) in [5, 5.41) is 6.91. The van der Waals surface area contributed by atoms with Gasteiger partial charge in [-0.25, -0.2) is 0 Å². The molecule has 0 aliphatic rings. The van der Waals surface area contributed by atoms with Crippen molar-refractivity contribution in [3.05, 3.63) is 11.3 Å². The van der Waals surface area contributed by atoms with E-state index in [1.54, 1.807) is 0 Å². The summed E-state index contributed by atoms with van der Waals surface area (Å²) in [6.45, 7) is 8.00. The fraction of sp³-hybridized carbons (Fsp3) is 0.700. The standard InChI is InChI=1S/C8H16N2.C2H6/c1-3-4-5-8(10)7(2)6-9;1-2/h6,9H,3-5,10H2,1-2H3;1-2H3/b8-7-,9-6?;. The van der Waals surface area contributed by atoms with Crippen molar-refractivity contribution in [3.63, 3.8) is 0 Å². The van der Waals surface area contributed by atoms with E-state index in [1.807, 2.05) is 20.8 Å². The highest BCUT2D eigenvalue weighted by Gasteiger charge is 1.92. The Balaban J connectivity index is 0. The average Bonchev–Trinajstić information content (AvgIpc) is 2.16. The van der Waals surface area contributed by atoms with Gasteiger partial charge >= 0.3 is 0 Å². The second-order valence-electron chi connectivity index (χ2n) is 2.46. The predicted octanol–water partition coefficient (Wildman–Crippen LogP) is 3.09. The number of unbranched alkanes of at least 4 members (excludes halogenated alkanes) is 1. The third-order valence-corrected chi connectivity index (χ3v) is 1.52. The molecule has 0 atom stereocenters. The van der Waals surface area contributed by atoms with Gasteiger partial charge in [0.15, 0.2) is 0 Å². The maximum absolute atomic E-state index is 6.91. The van der Waals surface area contributed by atoms with Crippen molar-refractivity contribution in [1.82, 2.24) is 0 Å². The molecule has 0 saturated carbocycles. The van der Waals surface area contributed by atoms with Crippen molar-refractivity contribution in [2.24, 2.45) is 5.73 Å². The third kappa shape index (κ3) is 7.32. The molecule has 12 heavy (non-hydrogen) atoms. The van der Waals surface area contributed by atoms with Gasteiger partial charge in [-0.05, 0) is 25.3 Å². The molecule has 0 aromatic carbocycles. The van der Waals surface area contributed by atoms with Crippen LogP contribution in [0.1, 0.15) is 47.0 Å². The Morgan fingerprint density at radius 2 is 1.92 bits per heavy atom. The lowest BCUT2D eigenvalue weighted by molar-refractivity contribution is 0.778. The molecule has 0 unspecified atom stereocenters. The molecular formula is C10H22N2. The lowest BCUT2D eigenvalue weighted by atomic mass is 10.1. The number of hydrogen-bond donors (Lipinski definition) is 2. The summed E-state index contributed by atoms with van der Waals surface area (Å²) in [4.78, 5) is 0. The molecule has 2 nitrogen and oxygen atoms in total. The molecule has 0 radical (unpaired) electrons. The van der Waals surface area contributed by atoms with E-state index in [0.717, 1.165) is 30.5 Å². The first-order valence-corrected chi connectivity index (χ1v) is 4.68. The van der Waals surface area contributed by atoms with E-state index >= 15 is 0 Å². The number of allylic oxidation sites excluding steroid dienone is 2. The quantitative estimate of drug-likeness (QED) is 0.626. The Bertz CT molecular complexity index is 137. The monoisotopic (exact) mass is 170 g/mol. The van der Waals surface area contributed by atoms with Crippen LogP contribution < -0.4 is 5.73 Å². The lowest BCUT2D eigenvalue weighted by Crippen LogP contribution is -2.01. The molecule has 2 heteroatoms.